The van der Waals surface area contributed by atoms with Gasteiger partial charge in [0.25, 0.3) is 0 Å². The summed E-state index contributed by atoms with van der Waals surface area (Å²) < 4.78 is 0. The first-order valence-electron chi connectivity index (χ1n) is 4.76. The van der Waals surface area contributed by atoms with Crippen LogP contribution in [0.5, 0.6) is 0 Å². The Bertz CT molecular complexity index is 472. The van der Waals surface area contributed by atoms with Gasteiger partial charge in [0, 0.05) is 12.4 Å². The smallest absolute Gasteiger partial charge is 0.231 e. The lowest BCUT2D eigenvalue weighted by Crippen LogP contribution is -2.47. The molecule has 1 aromatic rings. The van der Waals surface area contributed by atoms with Crippen LogP contribution >= 0.6 is 11.3 Å². The van der Waals surface area contributed by atoms with Gasteiger partial charge < -0.3 is 5.73 Å². The number of aliphatic imine (C=N–C) groups is 1. The van der Waals surface area contributed by atoms with Gasteiger partial charge in [-0.3, -0.25) is 14.7 Å². The van der Waals surface area contributed by atoms with Crippen LogP contribution in [0.2, 0.25) is 0 Å². The van der Waals surface area contributed by atoms with Crippen LogP contribution in [0.3, 0.4) is 0 Å². The Kier molecular flexibility index (Phi) is 2.50. The first kappa shape index (κ1) is 11.1. The minimum atomic E-state index is -0.685. The molecule has 0 aromatic carbocycles. The number of aromatic nitrogens is 1. The Morgan fingerprint density at radius 3 is 2.88 bits per heavy atom. The molecule has 0 saturated heterocycles. The molecule has 1 aliphatic rings. The van der Waals surface area contributed by atoms with Crippen molar-refractivity contribution in [3.63, 3.8) is 0 Å². The molecule has 1 atom stereocenters. The minimum Gasteiger partial charge on any atom is -0.369 e. The highest BCUT2D eigenvalue weighted by atomic mass is 32.1. The highest BCUT2D eigenvalue weighted by Crippen LogP contribution is 2.33. The summed E-state index contributed by atoms with van der Waals surface area (Å²) in [5.41, 5.74) is 5.45. The van der Waals surface area contributed by atoms with E-state index < -0.39 is 5.54 Å². The van der Waals surface area contributed by atoms with Gasteiger partial charge in [-0.15, -0.1) is 11.3 Å². The highest BCUT2D eigenvalue weighted by Gasteiger charge is 2.38. The lowest BCUT2D eigenvalue weighted by molar-refractivity contribution is -0.128. The molecule has 2 N–H and O–H groups in total. The number of thiazole rings is 1. The second kappa shape index (κ2) is 3.59. The zero-order valence-corrected chi connectivity index (χ0v) is 9.91. The maximum Gasteiger partial charge on any atom is 0.231 e. The molecule has 1 amide bonds. The molecule has 0 saturated carbocycles. The summed E-state index contributed by atoms with van der Waals surface area (Å²) in [6.07, 6.45) is 0.261. The number of carbonyl (C=O) groups is 1. The van der Waals surface area contributed by atoms with Crippen molar-refractivity contribution >= 4 is 36.6 Å². The Hall–Kier alpha value is -1.37. The topological polar surface area (TPSA) is 71.6 Å². The molecule has 5 nitrogen and oxygen atoms in total. The van der Waals surface area contributed by atoms with E-state index in [9.17, 15) is 4.79 Å². The number of guanidine groups is 1. The van der Waals surface area contributed by atoms with Crippen molar-refractivity contribution in [1.29, 1.82) is 0 Å². The lowest BCUT2D eigenvalue weighted by atomic mass is 9.97. The van der Waals surface area contributed by atoms with Crippen molar-refractivity contribution in [1.82, 2.24) is 9.88 Å². The van der Waals surface area contributed by atoms with Gasteiger partial charge in [-0.1, -0.05) is 0 Å². The van der Waals surface area contributed by atoms with E-state index in [1.54, 1.807) is 12.4 Å². The monoisotopic (exact) mass is 234 g/mol. The molecule has 0 aliphatic carbocycles. The fraction of sp³-hybridized carbons (Fsp3) is 0.444. The second-order valence-corrected chi connectivity index (χ2v) is 4.81. The number of nitrogens with zero attached hydrogens (tertiary/aromatic N) is 3. The molecule has 1 aliphatic heterocycles. The van der Waals surface area contributed by atoms with Gasteiger partial charge in [0.1, 0.15) is 18.4 Å². The van der Waals surface area contributed by atoms with Gasteiger partial charge in [-0.05, 0) is 12.5 Å². The summed E-state index contributed by atoms with van der Waals surface area (Å²) in [5.74, 6) is 0.149. The summed E-state index contributed by atoms with van der Waals surface area (Å²) in [6.45, 7) is 1.84. The van der Waals surface area contributed by atoms with Crippen molar-refractivity contribution in [2.75, 3.05) is 7.05 Å². The highest BCUT2D eigenvalue weighted by molar-refractivity contribution is 7.10. The molecule has 2 rings (SSSR count). The second-order valence-electron chi connectivity index (χ2n) is 3.95. The van der Waals surface area contributed by atoms with E-state index in [0.29, 0.717) is 5.59 Å². The fourth-order valence-corrected chi connectivity index (χ4v) is 2.38. The van der Waals surface area contributed by atoms with Crippen molar-refractivity contribution in [3.8, 4) is 0 Å². The van der Waals surface area contributed by atoms with Crippen LogP contribution in [0.4, 0.5) is 0 Å². The Labute approximate surface area is 98.8 Å². The third-order valence-corrected chi connectivity index (χ3v) is 3.67. The summed E-state index contributed by atoms with van der Waals surface area (Å²) in [4.78, 5) is 21.5. The normalized spacial score (nSPS) is 25.8. The van der Waals surface area contributed by atoms with Gasteiger partial charge in [0.15, 0.2) is 5.96 Å². The van der Waals surface area contributed by atoms with Crippen LogP contribution in [0.25, 0.3) is 0 Å². The summed E-state index contributed by atoms with van der Waals surface area (Å²) in [6, 6.07) is 0. The molecule has 82 valence electrons. The van der Waals surface area contributed by atoms with Gasteiger partial charge in [-0.2, -0.15) is 0 Å². The van der Waals surface area contributed by atoms with E-state index in [-0.39, 0.29) is 18.3 Å². The molecule has 0 fully saturated rings. The van der Waals surface area contributed by atoms with Crippen molar-refractivity contribution in [2.45, 2.75) is 18.9 Å². The summed E-state index contributed by atoms with van der Waals surface area (Å²) in [7, 11) is 7.17. The minimum absolute atomic E-state index is 0.0660. The molecular formula is C9H11BN4OS. The van der Waals surface area contributed by atoms with E-state index in [4.69, 9.17) is 13.6 Å². The molecule has 1 aromatic heterocycles. The van der Waals surface area contributed by atoms with E-state index in [1.807, 2.05) is 6.92 Å². The third kappa shape index (κ3) is 1.71. The van der Waals surface area contributed by atoms with Crippen molar-refractivity contribution in [3.05, 3.63) is 10.4 Å². The van der Waals surface area contributed by atoms with E-state index in [1.165, 1.54) is 16.2 Å². The maximum absolute atomic E-state index is 11.7. The summed E-state index contributed by atoms with van der Waals surface area (Å²) in [5, 5.41) is 2.45. The van der Waals surface area contributed by atoms with Gasteiger partial charge in [-0.25, -0.2) is 4.99 Å². The van der Waals surface area contributed by atoms with Crippen LogP contribution < -0.4 is 11.3 Å². The Morgan fingerprint density at radius 2 is 2.38 bits per heavy atom. The molecule has 0 unspecified atom stereocenters. The van der Waals surface area contributed by atoms with Gasteiger partial charge >= 0.3 is 0 Å². The van der Waals surface area contributed by atoms with E-state index in [0.717, 1.165) is 5.01 Å². The predicted octanol–water partition coefficient (Wildman–Crippen LogP) is -0.671. The van der Waals surface area contributed by atoms with Crippen LogP contribution in [-0.2, 0) is 10.3 Å². The standard InChI is InChI=1S/C9H11BN4OS/c1-9(7-12-5(10)4-16-7)3-6(15)14(2)8(11)13-9/h4H,3H2,1-2H3,(H2,11,13)/t9-/m0/s1. The van der Waals surface area contributed by atoms with E-state index in [2.05, 4.69) is 9.98 Å². The van der Waals surface area contributed by atoms with Crippen molar-refractivity contribution in [2.24, 2.45) is 10.7 Å². The number of hydrogen-bond donors (Lipinski definition) is 1. The van der Waals surface area contributed by atoms with Crippen molar-refractivity contribution < 1.29 is 4.79 Å². The molecule has 16 heavy (non-hydrogen) atoms. The number of amides is 1. The van der Waals surface area contributed by atoms with Crippen LogP contribution in [0.15, 0.2) is 10.4 Å². The number of carbonyl (C=O) groups excluding carboxylic acids is 1. The largest absolute Gasteiger partial charge is 0.369 e. The lowest BCUT2D eigenvalue weighted by Gasteiger charge is -2.31. The Balaban J connectivity index is 2.43. The van der Waals surface area contributed by atoms with Crippen LogP contribution in [0.1, 0.15) is 18.4 Å². The molecular weight excluding hydrogens is 223 g/mol. The first-order chi connectivity index (χ1) is 7.42. The SMILES string of the molecule is [B]c1csc([C@]2(C)CC(=O)N(C)C(N)=N2)n1. The van der Waals surface area contributed by atoms with E-state index >= 15 is 0 Å². The van der Waals surface area contributed by atoms with Gasteiger partial charge in [0.05, 0.1) is 6.42 Å². The summed E-state index contributed by atoms with van der Waals surface area (Å²) >= 11 is 1.39. The zero-order valence-electron chi connectivity index (χ0n) is 9.10. The average Bonchev–Trinajstić information content (AvgIpc) is 2.62. The van der Waals surface area contributed by atoms with Gasteiger partial charge in [0.2, 0.25) is 5.91 Å². The Morgan fingerprint density at radius 1 is 1.69 bits per heavy atom. The number of hydrogen-bond acceptors (Lipinski definition) is 5. The van der Waals surface area contributed by atoms with Crippen LogP contribution in [0, 0.1) is 0 Å². The predicted molar refractivity (Wildman–Crippen MR) is 63.9 cm³/mol. The van der Waals surface area contributed by atoms with Crippen LogP contribution in [-0.4, -0.2) is 36.6 Å². The third-order valence-electron chi connectivity index (χ3n) is 2.56. The molecule has 7 heteroatoms. The molecule has 2 heterocycles. The zero-order chi connectivity index (χ0) is 11.9. The molecule has 0 spiro atoms. The average molecular weight is 234 g/mol. The fourth-order valence-electron chi connectivity index (χ4n) is 1.57. The maximum atomic E-state index is 11.7. The quantitative estimate of drug-likeness (QED) is 0.655. The molecule has 0 bridgehead atoms. The number of rotatable bonds is 1. The number of nitrogens with two attached hydrogens (primary N) is 1. The molecule has 2 radical (unpaired) electrons. The first-order valence-corrected chi connectivity index (χ1v) is 5.64.